The van der Waals surface area contributed by atoms with Crippen LogP contribution in [-0.4, -0.2) is 62.7 Å². The zero-order valence-corrected chi connectivity index (χ0v) is 7.78. The Balaban J connectivity index is 1.69. The van der Waals surface area contributed by atoms with Crippen molar-refractivity contribution < 1.29 is 14.4 Å². The van der Waals surface area contributed by atoms with Crippen LogP contribution in [0.1, 0.15) is 0 Å². The molecule has 0 atom stereocenters. The fourth-order valence-electron chi connectivity index (χ4n) is 1.42. The molecule has 0 bridgehead atoms. The van der Waals surface area contributed by atoms with Crippen molar-refractivity contribution in [2.45, 2.75) is 0 Å². The minimum atomic E-state index is 0.768. The number of ether oxygens (including phenoxy) is 2. The second-order valence-corrected chi connectivity index (χ2v) is 3.16. The second kappa shape index (κ2) is 4.88. The Morgan fingerprint density at radius 1 is 0.692 bits per heavy atom. The lowest BCUT2D eigenvalue weighted by molar-refractivity contribution is -0.348. The highest BCUT2D eigenvalue weighted by molar-refractivity contribution is 4.54. The summed E-state index contributed by atoms with van der Waals surface area (Å²) in [5.74, 6) is 0. The molecule has 0 aromatic carbocycles. The molecule has 0 N–H and O–H groups in total. The van der Waals surface area contributed by atoms with Gasteiger partial charge in [-0.15, -0.1) is 0 Å². The maximum absolute atomic E-state index is 5.64. The highest BCUT2D eigenvalue weighted by Gasteiger charge is 2.17. The predicted octanol–water partition coefficient (Wildman–Crippen LogP) is -0.503. The lowest BCUT2D eigenvalue weighted by Crippen LogP contribution is -2.45. The van der Waals surface area contributed by atoms with Gasteiger partial charge in [0.15, 0.2) is 0 Å². The Bertz CT molecular complexity index is 128. The van der Waals surface area contributed by atoms with Crippen LogP contribution in [0.3, 0.4) is 0 Å². The number of rotatable bonds is 2. The summed E-state index contributed by atoms with van der Waals surface area (Å²) >= 11 is 0. The summed E-state index contributed by atoms with van der Waals surface area (Å²) in [7, 11) is 0. The minimum Gasteiger partial charge on any atom is -0.379 e. The normalized spacial score (nSPS) is 27.7. The quantitative estimate of drug-likeness (QED) is 0.583. The molecule has 2 aliphatic rings. The first-order valence-corrected chi connectivity index (χ1v) is 4.78. The topological polar surface area (TPSA) is 34.2 Å². The Morgan fingerprint density at radius 2 is 1.08 bits per heavy atom. The molecule has 0 aliphatic carbocycles. The number of morpholine rings is 2. The predicted molar refractivity (Wildman–Crippen MR) is 45.9 cm³/mol. The van der Waals surface area contributed by atoms with Crippen LogP contribution < -0.4 is 0 Å². The van der Waals surface area contributed by atoms with E-state index in [0.717, 1.165) is 52.6 Å². The van der Waals surface area contributed by atoms with Crippen molar-refractivity contribution in [3.63, 3.8) is 0 Å². The van der Waals surface area contributed by atoms with Gasteiger partial charge in [-0.05, 0) is 0 Å². The van der Waals surface area contributed by atoms with Gasteiger partial charge in [-0.2, -0.15) is 10.1 Å². The van der Waals surface area contributed by atoms with Crippen molar-refractivity contribution in [2.75, 3.05) is 52.6 Å². The molecular formula is C8H16N2O3. The van der Waals surface area contributed by atoms with Crippen LogP contribution in [0.5, 0.6) is 0 Å². The molecule has 0 radical (unpaired) electrons. The van der Waals surface area contributed by atoms with E-state index >= 15 is 0 Å². The molecule has 0 unspecified atom stereocenters. The van der Waals surface area contributed by atoms with E-state index in [2.05, 4.69) is 0 Å². The lowest BCUT2D eigenvalue weighted by atomic mass is 10.5. The summed E-state index contributed by atoms with van der Waals surface area (Å²) in [6.45, 7) is 6.51. The molecule has 13 heavy (non-hydrogen) atoms. The van der Waals surface area contributed by atoms with Gasteiger partial charge in [0.1, 0.15) is 0 Å². The smallest absolute Gasteiger partial charge is 0.0618 e. The Hall–Kier alpha value is -0.200. The van der Waals surface area contributed by atoms with Crippen molar-refractivity contribution in [1.29, 1.82) is 0 Å². The monoisotopic (exact) mass is 188 g/mol. The number of hydrogen-bond acceptors (Lipinski definition) is 5. The molecule has 2 aliphatic heterocycles. The van der Waals surface area contributed by atoms with Crippen LogP contribution >= 0.6 is 0 Å². The highest BCUT2D eigenvalue weighted by atomic mass is 16.8. The van der Waals surface area contributed by atoms with Crippen LogP contribution in [0.4, 0.5) is 0 Å². The van der Waals surface area contributed by atoms with E-state index in [1.807, 2.05) is 10.1 Å². The van der Waals surface area contributed by atoms with Crippen molar-refractivity contribution >= 4 is 0 Å². The van der Waals surface area contributed by atoms with Gasteiger partial charge in [-0.3, -0.25) is 0 Å². The highest BCUT2D eigenvalue weighted by Crippen LogP contribution is 2.03. The first kappa shape index (κ1) is 9.36. The minimum absolute atomic E-state index is 0.768. The number of hydrogen-bond donors (Lipinski definition) is 0. The van der Waals surface area contributed by atoms with Crippen molar-refractivity contribution in [1.82, 2.24) is 10.1 Å². The summed E-state index contributed by atoms with van der Waals surface area (Å²) < 4.78 is 10.4. The molecule has 0 amide bonds. The average Bonchev–Trinajstić information content (AvgIpc) is 2.21. The van der Waals surface area contributed by atoms with E-state index in [1.165, 1.54) is 0 Å². The van der Waals surface area contributed by atoms with Crippen LogP contribution in [0.15, 0.2) is 0 Å². The van der Waals surface area contributed by atoms with E-state index in [0.29, 0.717) is 0 Å². The summed E-state index contributed by atoms with van der Waals surface area (Å²) in [5, 5.41) is 3.91. The van der Waals surface area contributed by atoms with E-state index in [9.17, 15) is 0 Å². The zero-order valence-electron chi connectivity index (χ0n) is 7.78. The SMILES string of the molecule is C1CN(ON2CCOCC2)CCO1. The summed E-state index contributed by atoms with van der Waals surface area (Å²) in [6, 6.07) is 0. The largest absolute Gasteiger partial charge is 0.379 e. The Kier molecular flexibility index (Phi) is 3.51. The fraction of sp³-hybridized carbons (Fsp3) is 1.00. The zero-order chi connectivity index (χ0) is 8.93. The van der Waals surface area contributed by atoms with E-state index in [1.54, 1.807) is 0 Å². The van der Waals surface area contributed by atoms with Crippen LogP contribution in [-0.2, 0) is 14.4 Å². The molecule has 0 saturated carbocycles. The van der Waals surface area contributed by atoms with Crippen LogP contribution in [0.2, 0.25) is 0 Å². The molecule has 5 nitrogen and oxygen atoms in total. The van der Waals surface area contributed by atoms with E-state index in [4.69, 9.17) is 14.4 Å². The maximum atomic E-state index is 5.64. The third-order valence-electron chi connectivity index (χ3n) is 2.17. The van der Waals surface area contributed by atoms with Gasteiger partial charge in [-0.1, -0.05) is 0 Å². The molecule has 2 saturated heterocycles. The molecule has 2 fully saturated rings. The molecule has 0 aromatic rings. The van der Waals surface area contributed by atoms with Crippen molar-refractivity contribution in [3.8, 4) is 0 Å². The molecular weight excluding hydrogens is 172 g/mol. The third-order valence-corrected chi connectivity index (χ3v) is 2.17. The van der Waals surface area contributed by atoms with Gasteiger partial charge in [0.2, 0.25) is 0 Å². The van der Waals surface area contributed by atoms with Crippen molar-refractivity contribution in [2.24, 2.45) is 0 Å². The van der Waals surface area contributed by atoms with Gasteiger partial charge in [0.25, 0.3) is 0 Å². The van der Waals surface area contributed by atoms with E-state index in [-0.39, 0.29) is 0 Å². The molecule has 2 heterocycles. The van der Waals surface area contributed by atoms with Gasteiger partial charge in [0.05, 0.1) is 26.4 Å². The molecule has 2 rings (SSSR count). The standard InChI is InChI=1S/C8H16N2O3/c1-5-11-6-2-9(1)13-10-3-7-12-8-4-10/h1-8H2. The maximum Gasteiger partial charge on any atom is 0.0618 e. The molecule has 76 valence electrons. The van der Waals surface area contributed by atoms with Crippen LogP contribution in [0.25, 0.3) is 0 Å². The van der Waals surface area contributed by atoms with Gasteiger partial charge >= 0.3 is 0 Å². The Morgan fingerprint density at radius 3 is 1.46 bits per heavy atom. The van der Waals surface area contributed by atoms with Gasteiger partial charge in [-0.25, -0.2) is 4.94 Å². The first-order chi connectivity index (χ1) is 6.45. The summed E-state index contributed by atoms with van der Waals surface area (Å²) in [6.07, 6.45) is 0. The summed E-state index contributed by atoms with van der Waals surface area (Å²) in [5.41, 5.74) is 0. The average molecular weight is 188 g/mol. The summed E-state index contributed by atoms with van der Waals surface area (Å²) in [4.78, 5) is 5.64. The number of nitrogens with zero attached hydrogens (tertiary/aromatic N) is 2. The fourth-order valence-corrected chi connectivity index (χ4v) is 1.42. The van der Waals surface area contributed by atoms with E-state index < -0.39 is 0 Å². The number of hydroxylamine groups is 4. The molecule has 0 aromatic heterocycles. The Labute approximate surface area is 78.1 Å². The molecule has 0 spiro atoms. The van der Waals surface area contributed by atoms with Crippen molar-refractivity contribution in [3.05, 3.63) is 0 Å². The lowest BCUT2D eigenvalue weighted by Gasteiger charge is -2.33. The second-order valence-electron chi connectivity index (χ2n) is 3.16. The van der Waals surface area contributed by atoms with Gasteiger partial charge in [0, 0.05) is 26.2 Å². The third kappa shape index (κ3) is 2.89. The first-order valence-electron chi connectivity index (χ1n) is 4.78. The molecule has 5 heteroatoms. The van der Waals surface area contributed by atoms with Crippen LogP contribution in [0, 0.1) is 0 Å². The van der Waals surface area contributed by atoms with Gasteiger partial charge < -0.3 is 9.47 Å².